The molecule has 0 N–H and O–H groups in total. The van der Waals surface area contributed by atoms with Gasteiger partial charge >= 0.3 is 0 Å². The van der Waals surface area contributed by atoms with E-state index in [2.05, 4.69) is 21.6 Å². The van der Waals surface area contributed by atoms with Crippen LogP contribution in [0.2, 0.25) is 0 Å². The Morgan fingerprint density at radius 3 is 2.84 bits per heavy atom. The average Bonchev–Trinajstić information content (AvgIpc) is 3.47. The summed E-state index contributed by atoms with van der Waals surface area (Å²) in [6.07, 6.45) is 9.36. The Morgan fingerprint density at radius 1 is 1.31 bits per heavy atom. The van der Waals surface area contributed by atoms with E-state index in [4.69, 9.17) is 4.74 Å². The number of piperidine rings is 1. The van der Waals surface area contributed by atoms with Crippen LogP contribution in [0.1, 0.15) is 32.6 Å². The molecule has 0 saturated carbocycles. The smallest absolute Gasteiger partial charge is 0.257 e. The molecule has 3 aliphatic rings. The zero-order valence-corrected chi connectivity index (χ0v) is 17.9. The molecule has 0 aromatic carbocycles. The number of nitrogens with zero attached hydrogens (tertiary/aromatic N) is 5. The molecule has 0 bridgehead atoms. The van der Waals surface area contributed by atoms with Crippen molar-refractivity contribution in [3.63, 3.8) is 0 Å². The van der Waals surface area contributed by atoms with Crippen molar-refractivity contribution in [2.24, 2.45) is 0 Å². The van der Waals surface area contributed by atoms with E-state index in [0.717, 1.165) is 24.9 Å². The van der Waals surface area contributed by atoms with Crippen LogP contribution in [0.25, 0.3) is 5.65 Å². The summed E-state index contributed by atoms with van der Waals surface area (Å²) in [4.78, 5) is 21.4. The van der Waals surface area contributed by atoms with E-state index >= 15 is 0 Å². The van der Waals surface area contributed by atoms with E-state index in [1.54, 1.807) is 30.2 Å². The van der Waals surface area contributed by atoms with Gasteiger partial charge in [0, 0.05) is 32.1 Å². The van der Waals surface area contributed by atoms with Crippen molar-refractivity contribution in [1.82, 2.24) is 19.5 Å². The van der Waals surface area contributed by atoms with Gasteiger partial charge in [0.25, 0.3) is 5.91 Å². The molecule has 3 aliphatic heterocycles. The largest absolute Gasteiger partial charge is 0.356 e. The summed E-state index contributed by atoms with van der Waals surface area (Å²) >= 11 is 0. The molecule has 168 valence electrons. The number of fused-ring (bicyclic) bond motifs is 2. The lowest BCUT2D eigenvalue weighted by Gasteiger charge is -2.38. The maximum absolute atomic E-state index is 13.9. The third-order valence-electron chi connectivity index (χ3n) is 6.71. The van der Waals surface area contributed by atoms with Crippen LogP contribution in [0.4, 0.5) is 14.6 Å². The molecular formula is C23H25F2N5O2. The van der Waals surface area contributed by atoms with Gasteiger partial charge in [0.2, 0.25) is 0 Å². The van der Waals surface area contributed by atoms with Crippen molar-refractivity contribution in [1.29, 1.82) is 0 Å². The van der Waals surface area contributed by atoms with Gasteiger partial charge < -0.3 is 14.5 Å². The highest BCUT2D eigenvalue weighted by Gasteiger charge is 2.58. The standard InChI is InChI=1S/C23H25F2N5O2/c1-3-16(24)5-4-15(2)18-6-7-20-29(18)22(31)23(32-20)9-12-28(13-10-23)19-8-11-26-21-17(25)14-27-30(19)21/h3-5,8,11,14,18,20H,2,6-7,9-10,12-13H2,1H3/b5-4-,16-3+/t18-,20+/m0/s1. The lowest BCUT2D eigenvalue weighted by molar-refractivity contribution is -0.140. The van der Waals surface area contributed by atoms with Crippen molar-refractivity contribution in [3.05, 3.63) is 60.5 Å². The second-order valence-electron chi connectivity index (χ2n) is 8.47. The van der Waals surface area contributed by atoms with E-state index in [1.807, 2.05) is 0 Å². The Balaban J connectivity index is 1.31. The molecule has 7 nitrogen and oxygen atoms in total. The number of hydrogen-bond acceptors (Lipinski definition) is 5. The molecule has 0 unspecified atom stereocenters. The van der Waals surface area contributed by atoms with Crippen LogP contribution in [0.15, 0.2) is 54.7 Å². The fourth-order valence-corrected chi connectivity index (χ4v) is 4.99. The maximum Gasteiger partial charge on any atom is 0.257 e. The minimum atomic E-state index is -0.861. The number of allylic oxidation sites excluding steroid dienone is 3. The Hall–Kier alpha value is -3.07. The predicted octanol–water partition coefficient (Wildman–Crippen LogP) is 3.54. The van der Waals surface area contributed by atoms with Crippen LogP contribution >= 0.6 is 0 Å². The van der Waals surface area contributed by atoms with Gasteiger partial charge in [0.15, 0.2) is 17.1 Å². The number of carbonyl (C=O) groups is 1. The summed E-state index contributed by atoms with van der Waals surface area (Å²) in [5.74, 6) is -0.0847. The van der Waals surface area contributed by atoms with Gasteiger partial charge in [-0.1, -0.05) is 18.7 Å². The highest BCUT2D eigenvalue weighted by Crippen LogP contribution is 2.44. The molecule has 32 heavy (non-hydrogen) atoms. The molecule has 2 atom stereocenters. The Morgan fingerprint density at radius 2 is 2.09 bits per heavy atom. The van der Waals surface area contributed by atoms with Crippen LogP contribution in [0.3, 0.4) is 0 Å². The number of rotatable bonds is 4. The summed E-state index contributed by atoms with van der Waals surface area (Å²) in [6, 6.07) is 1.61. The lowest BCUT2D eigenvalue weighted by Crippen LogP contribution is -2.51. The quantitative estimate of drug-likeness (QED) is 0.680. The molecule has 1 spiro atoms. The normalized spacial score (nSPS) is 25.5. The van der Waals surface area contributed by atoms with Gasteiger partial charge in [-0.3, -0.25) is 4.79 Å². The predicted molar refractivity (Wildman–Crippen MR) is 115 cm³/mol. The first-order valence-electron chi connectivity index (χ1n) is 10.9. The SMILES string of the molecule is C=C(/C=C\C(F)=C/C)[C@@H]1CC[C@H]2OC3(CCN(c4ccnc5c(F)cnn45)CC3)C(=O)N21. The summed E-state index contributed by atoms with van der Waals surface area (Å²) < 4.78 is 35.2. The number of carbonyl (C=O) groups excluding carboxylic acids is 1. The molecule has 3 saturated heterocycles. The highest BCUT2D eigenvalue weighted by atomic mass is 19.1. The van der Waals surface area contributed by atoms with Gasteiger partial charge in [0.05, 0.1) is 12.2 Å². The number of anilines is 1. The molecule has 1 amide bonds. The lowest BCUT2D eigenvalue weighted by atomic mass is 9.89. The van der Waals surface area contributed by atoms with Gasteiger partial charge in [-0.15, -0.1) is 0 Å². The molecule has 5 rings (SSSR count). The number of amides is 1. The first kappa shape index (κ1) is 20.8. The minimum Gasteiger partial charge on any atom is -0.356 e. The van der Waals surface area contributed by atoms with Crippen LogP contribution in [-0.2, 0) is 9.53 Å². The third-order valence-corrected chi connectivity index (χ3v) is 6.71. The molecule has 2 aromatic heterocycles. The van der Waals surface area contributed by atoms with E-state index in [0.29, 0.717) is 31.5 Å². The van der Waals surface area contributed by atoms with Crippen molar-refractivity contribution in [2.45, 2.75) is 50.5 Å². The number of hydrogen-bond donors (Lipinski definition) is 0. The number of ether oxygens (including phenoxy) is 1. The number of aromatic nitrogens is 3. The van der Waals surface area contributed by atoms with Crippen molar-refractivity contribution in [3.8, 4) is 0 Å². The van der Waals surface area contributed by atoms with Crippen LogP contribution < -0.4 is 4.90 Å². The third kappa shape index (κ3) is 3.23. The molecule has 2 aromatic rings. The molecule has 5 heterocycles. The van der Waals surface area contributed by atoms with Crippen molar-refractivity contribution >= 4 is 17.4 Å². The summed E-state index contributed by atoms with van der Waals surface area (Å²) in [7, 11) is 0. The highest BCUT2D eigenvalue weighted by molar-refractivity contribution is 5.88. The van der Waals surface area contributed by atoms with Crippen molar-refractivity contribution < 1.29 is 18.3 Å². The number of halogens is 2. The van der Waals surface area contributed by atoms with E-state index in [1.165, 1.54) is 16.7 Å². The van der Waals surface area contributed by atoms with Crippen molar-refractivity contribution in [2.75, 3.05) is 18.0 Å². The Bertz CT molecular complexity index is 1130. The second-order valence-corrected chi connectivity index (χ2v) is 8.47. The average molecular weight is 441 g/mol. The molecule has 9 heteroatoms. The van der Waals surface area contributed by atoms with Gasteiger partial charge in [-0.25, -0.2) is 13.8 Å². The van der Waals surface area contributed by atoms with Crippen LogP contribution in [0.5, 0.6) is 0 Å². The Labute approximate surface area is 184 Å². The van der Waals surface area contributed by atoms with E-state index in [9.17, 15) is 13.6 Å². The second kappa shape index (κ2) is 7.81. The maximum atomic E-state index is 13.9. The van der Waals surface area contributed by atoms with Gasteiger partial charge in [0.1, 0.15) is 17.9 Å². The van der Waals surface area contributed by atoms with Gasteiger partial charge in [-0.2, -0.15) is 9.61 Å². The minimum absolute atomic E-state index is 0.0179. The van der Waals surface area contributed by atoms with E-state index in [-0.39, 0.29) is 29.7 Å². The molecule has 0 radical (unpaired) electrons. The summed E-state index contributed by atoms with van der Waals surface area (Å²) in [5, 5.41) is 4.09. The van der Waals surface area contributed by atoms with Crippen LogP contribution in [0, 0.1) is 5.82 Å². The van der Waals surface area contributed by atoms with Crippen LogP contribution in [-0.4, -0.2) is 56.4 Å². The molecule has 3 fully saturated rings. The summed E-state index contributed by atoms with van der Waals surface area (Å²) in [6.45, 7) is 6.84. The zero-order chi connectivity index (χ0) is 22.5. The molecular weight excluding hydrogens is 416 g/mol. The topological polar surface area (TPSA) is 63.0 Å². The Kier molecular flexibility index (Phi) is 5.08. The molecule has 0 aliphatic carbocycles. The summed E-state index contributed by atoms with van der Waals surface area (Å²) in [5.41, 5.74) is 0.0242. The first-order chi connectivity index (χ1) is 15.4. The van der Waals surface area contributed by atoms with Gasteiger partial charge in [-0.05, 0) is 37.5 Å². The fraction of sp³-hybridized carbons (Fsp3) is 0.435. The first-order valence-corrected chi connectivity index (χ1v) is 10.9. The van der Waals surface area contributed by atoms with E-state index < -0.39 is 11.4 Å². The fourth-order valence-electron chi connectivity index (χ4n) is 4.99. The zero-order valence-electron chi connectivity index (χ0n) is 17.9. The monoisotopic (exact) mass is 441 g/mol.